The first-order valence-corrected chi connectivity index (χ1v) is 6.86. The van der Waals surface area contributed by atoms with E-state index in [0.29, 0.717) is 12.0 Å². The zero-order valence-electron chi connectivity index (χ0n) is 12.3. The molecule has 1 aromatic rings. The van der Waals surface area contributed by atoms with Gasteiger partial charge in [-0.05, 0) is 25.8 Å². The minimum atomic E-state index is -1.23. The number of carbonyl (C=O) groups excluding carboxylic acids is 2. The fourth-order valence-corrected chi connectivity index (χ4v) is 2.03. The normalized spacial score (nSPS) is 13.8. The van der Waals surface area contributed by atoms with Gasteiger partial charge < -0.3 is 9.84 Å². The van der Waals surface area contributed by atoms with Crippen LogP contribution in [0.5, 0.6) is 0 Å². The highest BCUT2D eigenvalue weighted by Crippen LogP contribution is 2.29. The molecule has 1 unspecified atom stereocenters. The molecule has 0 aliphatic carbocycles. The molecule has 0 aromatic heterocycles. The maximum absolute atomic E-state index is 11.9. The standard InChI is InChI=1S/C16H22O4/c1-4-16(19,13-8-6-5-7-9-13)11-14(17)10-15(18)20-12(2)3/h5-9,12,19H,4,10-11H2,1-3H3. The van der Waals surface area contributed by atoms with Crippen molar-refractivity contribution in [2.24, 2.45) is 0 Å². The Morgan fingerprint density at radius 3 is 2.35 bits per heavy atom. The number of ether oxygens (including phenoxy) is 1. The summed E-state index contributed by atoms with van der Waals surface area (Å²) in [6, 6.07) is 9.04. The van der Waals surface area contributed by atoms with E-state index in [9.17, 15) is 14.7 Å². The van der Waals surface area contributed by atoms with Gasteiger partial charge in [0.1, 0.15) is 12.2 Å². The number of esters is 1. The summed E-state index contributed by atoms with van der Waals surface area (Å²) in [7, 11) is 0. The van der Waals surface area contributed by atoms with E-state index in [2.05, 4.69) is 0 Å². The van der Waals surface area contributed by atoms with Gasteiger partial charge in [0.05, 0.1) is 11.7 Å². The molecule has 4 heteroatoms. The third-order valence-corrected chi connectivity index (χ3v) is 3.09. The Morgan fingerprint density at radius 1 is 1.25 bits per heavy atom. The Hall–Kier alpha value is -1.68. The molecular formula is C16H22O4. The molecule has 0 heterocycles. The fraction of sp³-hybridized carbons (Fsp3) is 0.500. The van der Waals surface area contributed by atoms with Crippen molar-refractivity contribution in [3.63, 3.8) is 0 Å². The Labute approximate surface area is 119 Å². The Kier molecular flexibility index (Phi) is 5.89. The molecule has 0 amide bonds. The van der Waals surface area contributed by atoms with Crippen LogP contribution in [0.4, 0.5) is 0 Å². The number of benzene rings is 1. The predicted octanol–water partition coefficient (Wildman–Crippen LogP) is 2.59. The number of ketones is 1. The first-order chi connectivity index (χ1) is 9.37. The molecule has 0 saturated carbocycles. The maximum Gasteiger partial charge on any atom is 0.313 e. The molecule has 1 aromatic carbocycles. The lowest BCUT2D eigenvalue weighted by Crippen LogP contribution is -2.29. The zero-order chi connectivity index (χ0) is 15.2. The van der Waals surface area contributed by atoms with Gasteiger partial charge in [-0.25, -0.2) is 0 Å². The third kappa shape index (κ3) is 4.78. The predicted molar refractivity (Wildman–Crippen MR) is 76.1 cm³/mol. The summed E-state index contributed by atoms with van der Waals surface area (Å²) in [6.45, 7) is 5.27. The summed E-state index contributed by atoms with van der Waals surface area (Å²) in [4.78, 5) is 23.4. The summed E-state index contributed by atoms with van der Waals surface area (Å²) in [5.41, 5.74) is -0.538. The quantitative estimate of drug-likeness (QED) is 0.615. The maximum atomic E-state index is 11.9. The number of carbonyl (C=O) groups is 2. The molecule has 0 aliphatic rings. The van der Waals surface area contributed by atoms with Crippen molar-refractivity contribution in [3.8, 4) is 0 Å². The van der Waals surface area contributed by atoms with Crippen LogP contribution < -0.4 is 0 Å². The molecule has 110 valence electrons. The summed E-state index contributed by atoms with van der Waals surface area (Å²) >= 11 is 0. The van der Waals surface area contributed by atoms with E-state index >= 15 is 0 Å². The van der Waals surface area contributed by atoms with Gasteiger partial charge in [0.25, 0.3) is 0 Å². The number of aliphatic hydroxyl groups is 1. The largest absolute Gasteiger partial charge is 0.463 e. The van der Waals surface area contributed by atoms with Crippen molar-refractivity contribution in [2.75, 3.05) is 0 Å². The highest BCUT2D eigenvalue weighted by Gasteiger charge is 2.30. The van der Waals surface area contributed by atoms with E-state index in [1.165, 1.54) is 0 Å². The number of Topliss-reactive ketones (excluding diaryl/α,β-unsaturated/α-hetero) is 1. The van der Waals surface area contributed by atoms with Crippen LogP contribution in [0.1, 0.15) is 45.6 Å². The highest BCUT2D eigenvalue weighted by molar-refractivity contribution is 5.96. The minimum absolute atomic E-state index is 0.0826. The SMILES string of the molecule is CCC(O)(CC(=O)CC(=O)OC(C)C)c1ccccc1. The van der Waals surface area contributed by atoms with Crippen LogP contribution in [-0.4, -0.2) is 23.0 Å². The number of hydrogen-bond acceptors (Lipinski definition) is 4. The Bertz CT molecular complexity index is 453. The van der Waals surface area contributed by atoms with E-state index < -0.39 is 11.6 Å². The minimum Gasteiger partial charge on any atom is -0.463 e. The lowest BCUT2D eigenvalue weighted by Gasteiger charge is -2.26. The van der Waals surface area contributed by atoms with Crippen LogP contribution in [0.15, 0.2) is 30.3 Å². The van der Waals surface area contributed by atoms with E-state index in [4.69, 9.17) is 4.74 Å². The Morgan fingerprint density at radius 2 is 1.85 bits per heavy atom. The summed E-state index contributed by atoms with van der Waals surface area (Å²) in [6.07, 6.45) is -0.217. The second kappa shape index (κ2) is 7.20. The average Bonchev–Trinajstić information content (AvgIpc) is 2.38. The van der Waals surface area contributed by atoms with Gasteiger partial charge in [-0.2, -0.15) is 0 Å². The van der Waals surface area contributed by atoms with E-state index in [1.54, 1.807) is 26.0 Å². The van der Waals surface area contributed by atoms with Crippen molar-refractivity contribution >= 4 is 11.8 Å². The van der Waals surface area contributed by atoms with Crippen molar-refractivity contribution in [3.05, 3.63) is 35.9 Å². The van der Waals surface area contributed by atoms with Crippen molar-refractivity contribution in [1.29, 1.82) is 0 Å². The monoisotopic (exact) mass is 278 g/mol. The molecule has 4 nitrogen and oxygen atoms in total. The fourth-order valence-electron chi connectivity index (χ4n) is 2.03. The van der Waals surface area contributed by atoms with Gasteiger partial charge in [-0.1, -0.05) is 37.3 Å². The molecular weight excluding hydrogens is 256 g/mol. The molecule has 1 rings (SSSR count). The van der Waals surface area contributed by atoms with Crippen LogP contribution in [-0.2, 0) is 19.9 Å². The van der Waals surface area contributed by atoms with Gasteiger partial charge in [-0.3, -0.25) is 9.59 Å². The Balaban J connectivity index is 2.69. The topological polar surface area (TPSA) is 63.6 Å². The van der Waals surface area contributed by atoms with Crippen LogP contribution in [0.3, 0.4) is 0 Å². The van der Waals surface area contributed by atoms with Gasteiger partial charge in [0, 0.05) is 6.42 Å². The molecule has 0 radical (unpaired) electrons. The smallest absolute Gasteiger partial charge is 0.313 e. The number of hydrogen-bond donors (Lipinski definition) is 1. The first kappa shape index (κ1) is 16.4. The van der Waals surface area contributed by atoms with Gasteiger partial charge in [0.2, 0.25) is 0 Å². The van der Waals surface area contributed by atoms with E-state index in [1.807, 2.05) is 25.1 Å². The first-order valence-electron chi connectivity index (χ1n) is 6.86. The second-order valence-electron chi connectivity index (χ2n) is 5.18. The molecule has 0 bridgehead atoms. The highest BCUT2D eigenvalue weighted by atomic mass is 16.5. The zero-order valence-corrected chi connectivity index (χ0v) is 12.3. The second-order valence-corrected chi connectivity index (χ2v) is 5.18. The lowest BCUT2D eigenvalue weighted by molar-refractivity contribution is -0.150. The molecule has 0 spiro atoms. The van der Waals surface area contributed by atoms with Crippen molar-refractivity contribution in [1.82, 2.24) is 0 Å². The average molecular weight is 278 g/mol. The van der Waals surface area contributed by atoms with Gasteiger partial charge in [-0.15, -0.1) is 0 Å². The van der Waals surface area contributed by atoms with Crippen molar-refractivity contribution in [2.45, 2.75) is 51.7 Å². The summed E-state index contributed by atoms with van der Waals surface area (Å²) in [5, 5.41) is 10.6. The summed E-state index contributed by atoms with van der Waals surface area (Å²) in [5.74, 6) is -0.861. The molecule has 0 fully saturated rings. The van der Waals surface area contributed by atoms with E-state index in [0.717, 1.165) is 0 Å². The van der Waals surface area contributed by atoms with Crippen LogP contribution >= 0.6 is 0 Å². The third-order valence-electron chi connectivity index (χ3n) is 3.09. The lowest BCUT2D eigenvalue weighted by atomic mass is 9.86. The van der Waals surface area contributed by atoms with Gasteiger partial charge >= 0.3 is 5.97 Å². The molecule has 1 atom stereocenters. The molecule has 0 aliphatic heterocycles. The number of rotatable bonds is 7. The van der Waals surface area contributed by atoms with Gasteiger partial charge in [0.15, 0.2) is 0 Å². The molecule has 1 N–H and O–H groups in total. The van der Waals surface area contributed by atoms with E-state index in [-0.39, 0.29) is 24.7 Å². The molecule has 0 saturated heterocycles. The van der Waals surface area contributed by atoms with Crippen molar-refractivity contribution < 1.29 is 19.4 Å². The van der Waals surface area contributed by atoms with Crippen LogP contribution in [0.25, 0.3) is 0 Å². The van der Waals surface area contributed by atoms with Crippen LogP contribution in [0, 0.1) is 0 Å². The summed E-state index contributed by atoms with van der Waals surface area (Å²) < 4.78 is 4.93. The van der Waals surface area contributed by atoms with Crippen LogP contribution in [0.2, 0.25) is 0 Å². The molecule has 20 heavy (non-hydrogen) atoms.